The van der Waals surface area contributed by atoms with Crippen LogP contribution in [0, 0.1) is 17.8 Å². The highest BCUT2D eigenvalue weighted by Crippen LogP contribution is 2.50. The summed E-state index contributed by atoms with van der Waals surface area (Å²) in [7, 11) is 0. The predicted molar refractivity (Wildman–Crippen MR) is 202 cm³/mol. The zero-order valence-corrected chi connectivity index (χ0v) is 30.1. The molecule has 2 N–H and O–H groups in total. The van der Waals surface area contributed by atoms with Gasteiger partial charge in [-0.15, -0.1) is 0 Å². The minimum atomic E-state index is -0.580. The van der Waals surface area contributed by atoms with Gasteiger partial charge in [0.15, 0.2) is 0 Å². The van der Waals surface area contributed by atoms with Gasteiger partial charge in [0, 0.05) is 81.6 Å². The number of fused-ring (bicyclic) bond motifs is 2. The van der Waals surface area contributed by atoms with E-state index in [9.17, 15) is 19.5 Å². The summed E-state index contributed by atoms with van der Waals surface area (Å²) in [6.07, 6.45) is 9.49. The van der Waals surface area contributed by atoms with E-state index in [1.165, 1.54) is 60.9 Å². The number of piperazine rings is 1. The summed E-state index contributed by atoms with van der Waals surface area (Å²) >= 11 is 0. The lowest BCUT2D eigenvalue weighted by Crippen LogP contribution is -2.52. The van der Waals surface area contributed by atoms with Crippen LogP contribution in [0.1, 0.15) is 89.9 Å². The number of nitrogens with one attached hydrogen (secondary N) is 1. The molecule has 4 aliphatic heterocycles. The number of hydrogen-bond donors (Lipinski definition) is 2. The van der Waals surface area contributed by atoms with Gasteiger partial charge < -0.3 is 19.8 Å². The van der Waals surface area contributed by atoms with Crippen LogP contribution in [-0.2, 0) is 22.6 Å². The van der Waals surface area contributed by atoms with E-state index >= 15 is 0 Å². The number of phenolic OH excluding ortho intramolecular Hbond substituents is 1. The van der Waals surface area contributed by atoms with Crippen molar-refractivity contribution in [2.75, 3.05) is 55.6 Å². The molecule has 272 valence electrons. The van der Waals surface area contributed by atoms with Crippen molar-refractivity contribution in [3.05, 3.63) is 88.5 Å². The van der Waals surface area contributed by atoms with E-state index < -0.39 is 6.04 Å². The molecule has 9 nitrogen and oxygen atoms in total. The second kappa shape index (κ2) is 13.9. The number of nitrogens with zero attached hydrogens (tertiary/aromatic N) is 4. The molecule has 4 fully saturated rings. The van der Waals surface area contributed by atoms with Gasteiger partial charge >= 0.3 is 0 Å². The third kappa shape index (κ3) is 6.35. The van der Waals surface area contributed by atoms with Crippen LogP contribution in [0.15, 0.2) is 60.7 Å². The van der Waals surface area contributed by atoms with Gasteiger partial charge in [-0.05, 0) is 115 Å². The molecule has 0 unspecified atom stereocenters. The van der Waals surface area contributed by atoms with Crippen LogP contribution >= 0.6 is 0 Å². The van der Waals surface area contributed by atoms with Crippen molar-refractivity contribution in [3.8, 4) is 5.75 Å². The molecule has 0 aromatic heterocycles. The van der Waals surface area contributed by atoms with Crippen LogP contribution in [0.2, 0.25) is 0 Å². The lowest BCUT2D eigenvalue weighted by Gasteiger charge is -2.43. The Bertz CT molecular complexity index is 1840. The number of piperidine rings is 2. The average Bonchev–Trinajstić information content (AvgIpc) is 3.46. The van der Waals surface area contributed by atoms with E-state index in [2.05, 4.69) is 62.5 Å². The maximum Gasteiger partial charge on any atom is 0.255 e. The molecule has 9 rings (SSSR count). The molecule has 0 bridgehead atoms. The number of imide groups is 1. The van der Waals surface area contributed by atoms with E-state index in [4.69, 9.17) is 0 Å². The maximum atomic E-state index is 13.1. The quantitative estimate of drug-likeness (QED) is 0.306. The SMILES string of the molecule is O=C1CC[C@@H](N2Cc3cc(N4CCN(CC5CCN(c6ccc([C@H]7c8ccc(O)cc8CC[C@H]7C7CCC7)cc6)CC5)CC4)ccc3C2=O)C(=O)N1. The molecule has 1 saturated carbocycles. The molecule has 3 aromatic carbocycles. The molecule has 9 heteroatoms. The maximum absolute atomic E-state index is 13.1. The van der Waals surface area contributed by atoms with Gasteiger partial charge in [-0.2, -0.15) is 0 Å². The highest BCUT2D eigenvalue weighted by Gasteiger charge is 2.40. The Labute approximate surface area is 307 Å². The first-order valence-corrected chi connectivity index (χ1v) is 19.8. The zero-order valence-electron chi connectivity index (χ0n) is 30.1. The van der Waals surface area contributed by atoms with Crippen LogP contribution in [0.4, 0.5) is 11.4 Å². The number of aryl methyl sites for hydroxylation is 1. The summed E-state index contributed by atoms with van der Waals surface area (Å²) in [5.41, 5.74) is 8.31. The first-order chi connectivity index (χ1) is 25.4. The van der Waals surface area contributed by atoms with Crippen LogP contribution in [0.25, 0.3) is 0 Å². The van der Waals surface area contributed by atoms with E-state index in [1.807, 2.05) is 18.2 Å². The van der Waals surface area contributed by atoms with Crippen molar-refractivity contribution >= 4 is 29.1 Å². The fourth-order valence-corrected chi connectivity index (χ4v) is 10.2. The third-order valence-electron chi connectivity index (χ3n) is 13.4. The molecule has 4 heterocycles. The number of hydrogen-bond acceptors (Lipinski definition) is 7. The number of aromatic hydroxyl groups is 1. The number of carbonyl (C=O) groups is 3. The first kappa shape index (κ1) is 33.5. The molecule has 2 aliphatic carbocycles. The van der Waals surface area contributed by atoms with E-state index in [1.54, 1.807) is 4.90 Å². The van der Waals surface area contributed by atoms with Crippen molar-refractivity contribution in [2.45, 2.75) is 76.3 Å². The Morgan fingerprint density at radius 1 is 0.712 bits per heavy atom. The van der Waals surface area contributed by atoms with Crippen molar-refractivity contribution < 1.29 is 19.5 Å². The van der Waals surface area contributed by atoms with Crippen LogP contribution < -0.4 is 15.1 Å². The summed E-state index contributed by atoms with van der Waals surface area (Å²) in [6, 6.07) is 21.1. The molecule has 3 atom stereocenters. The topological polar surface area (TPSA) is 96.4 Å². The molecule has 52 heavy (non-hydrogen) atoms. The molecule has 0 spiro atoms. The van der Waals surface area contributed by atoms with Gasteiger partial charge in [-0.1, -0.05) is 37.5 Å². The summed E-state index contributed by atoms with van der Waals surface area (Å²) < 4.78 is 0. The van der Waals surface area contributed by atoms with Crippen molar-refractivity contribution in [3.63, 3.8) is 0 Å². The number of carbonyl (C=O) groups excluding carboxylic acids is 3. The number of phenols is 1. The molecule has 3 saturated heterocycles. The van der Waals surface area contributed by atoms with Gasteiger partial charge in [0.1, 0.15) is 11.8 Å². The Morgan fingerprint density at radius 2 is 1.46 bits per heavy atom. The second-order valence-corrected chi connectivity index (χ2v) is 16.3. The summed E-state index contributed by atoms with van der Waals surface area (Å²) in [5.74, 6) is 2.32. The average molecular weight is 702 g/mol. The summed E-state index contributed by atoms with van der Waals surface area (Å²) in [5, 5.41) is 12.6. The van der Waals surface area contributed by atoms with Crippen molar-refractivity contribution in [1.82, 2.24) is 15.1 Å². The summed E-state index contributed by atoms with van der Waals surface area (Å²) in [4.78, 5) is 46.5. The fraction of sp³-hybridized carbons (Fsp3) is 0.512. The Balaban J connectivity index is 0.768. The minimum absolute atomic E-state index is 0.116. The molecule has 6 aliphatic rings. The van der Waals surface area contributed by atoms with Crippen molar-refractivity contribution in [2.24, 2.45) is 17.8 Å². The number of rotatable bonds is 7. The smallest absolute Gasteiger partial charge is 0.255 e. The van der Waals surface area contributed by atoms with Gasteiger partial charge in [-0.25, -0.2) is 0 Å². The van der Waals surface area contributed by atoms with Gasteiger partial charge in [0.05, 0.1) is 0 Å². The molecular weight excluding hydrogens is 651 g/mol. The van der Waals surface area contributed by atoms with Gasteiger partial charge in [0.2, 0.25) is 11.8 Å². The minimum Gasteiger partial charge on any atom is -0.508 e. The highest BCUT2D eigenvalue weighted by molar-refractivity contribution is 6.05. The summed E-state index contributed by atoms with van der Waals surface area (Å²) in [6.45, 7) is 7.76. The van der Waals surface area contributed by atoms with E-state index in [-0.39, 0.29) is 24.1 Å². The lowest BCUT2D eigenvalue weighted by atomic mass is 9.62. The second-order valence-electron chi connectivity index (χ2n) is 16.3. The Hall–Kier alpha value is -4.37. The normalized spacial score (nSPS) is 25.9. The highest BCUT2D eigenvalue weighted by atomic mass is 16.3. The Morgan fingerprint density at radius 3 is 2.19 bits per heavy atom. The van der Waals surface area contributed by atoms with Crippen LogP contribution in [-0.4, -0.2) is 84.5 Å². The Kier molecular flexibility index (Phi) is 8.93. The van der Waals surface area contributed by atoms with E-state index in [0.29, 0.717) is 42.0 Å². The largest absolute Gasteiger partial charge is 0.508 e. The first-order valence-electron chi connectivity index (χ1n) is 19.8. The van der Waals surface area contributed by atoms with E-state index in [0.717, 1.165) is 69.4 Å². The standard InChI is InChI=1S/C43H51N5O4/c49-35-10-13-37-31(25-35)6-11-36(29-2-1-3-29)41(37)30-4-7-33(8-5-30)46-18-16-28(17-19-46)26-45-20-22-47(23-21-45)34-9-12-38-32(24-34)27-48(43(38)52)39-14-15-40(50)44-42(39)51/h4-5,7-10,12-13,24-25,28-29,36,39,41,49H,1-3,6,11,14-23,26-27H2,(H,44,50,51)/t36-,39+,41+/m0/s1. The number of benzene rings is 3. The zero-order chi connectivity index (χ0) is 35.3. The monoisotopic (exact) mass is 701 g/mol. The molecule has 0 radical (unpaired) electrons. The number of amides is 3. The molecule has 3 aromatic rings. The number of anilines is 2. The van der Waals surface area contributed by atoms with Gasteiger partial charge in [-0.3, -0.25) is 24.6 Å². The molecular formula is C43H51N5O4. The fourth-order valence-electron chi connectivity index (χ4n) is 10.2. The van der Waals surface area contributed by atoms with Gasteiger partial charge in [0.25, 0.3) is 5.91 Å². The third-order valence-corrected chi connectivity index (χ3v) is 13.4. The van der Waals surface area contributed by atoms with Crippen LogP contribution in [0.3, 0.4) is 0 Å². The predicted octanol–water partition coefficient (Wildman–Crippen LogP) is 5.69. The lowest BCUT2D eigenvalue weighted by molar-refractivity contribution is -0.136. The molecule has 3 amide bonds. The van der Waals surface area contributed by atoms with Crippen molar-refractivity contribution in [1.29, 1.82) is 0 Å². The van der Waals surface area contributed by atoms with Crippen LogP contribution in [0.5, 0.6) is 5.75 Å².